The van der Waals surface area contributed by atoms with E-state index in [1.54, 1.807) is 0 Å². The van der Waals surface area contributed by atoms with Crippen molar-refractivity contribution in [2.45, 2.75) is 44.8 Å². The molecule has 0 fully saturated rings. The summed E-state index contributed by atoms with van der Waals surface area (Å²) in [4.78, 5) is 47.7. The van der Waals surface area contributed by atoms with E-state index in [2.05, 4.69) is 28.6 Å². The topological polar surface area (TPSA) is 151 Å². The molecule has 3 amide bonds. The number of thioether (sulfide) groups is 1. The number of carboxylic acid groups (broad SMARTS) is 1. The first kappa shape index (κ1) is 25.5. The number of amides is 3. The molecule has 0 aliphatic carbocycles. The summed E-state index contributed by atoms with van der Waals surface area (Å²) >= 11 is 5.51. The summed E-state index contributed by atoms with van der Waals surface area (Å²) in [5, 5.41) is 16.7. The predicted octanol–water partition coefficient (Wildman–Crippen LogP) is -0.787. The van der Waals surface area contributed by atoms with Crippen molar-refractivity contribution < 1.29 is 24.3 Å². The van der Waals surface area contributed by atoms with Crippen molar-refractivity contribution in [2.24, 2.45) is 11.7 Å². The van der Waals surface area contributed by atoms with Crippen LogP contribution in [-0.2, 0) is 19.2 Å². The highest BCUT2D eigenvalue weighted by Gasteiger charge is 2.29. The van der Waals surface area contributed by atoms with Crippen LogP contribution >= 0.6 is 24.4 Å². The molecule has 0 aromatic rings. The minimum atomic E-state index is -1.13. The van der Waals surface area contributed by atoms with Gasteiger partial charge in [-0.1, -0.05) is 13.8 Å². The Kier molecular flexibility index (Phi) is 12.9. The first-order valence-corrected chi connectivity index (χ1v) is 10.6. The Morgan fingerprint density at radius 3 is 2.04 bits per heavy atom. The van der Waals surface area contributed by atoms with Crippen LogP contribution in [0.5, 0.6) is 0 Å². The molecule has 9 nitrogen and oxygen atoms in total. The molecule has 3 atom stereocenters. The van der Waals surface area contributed by atoms with Crippen LogP contribution in [0, 0.1) is 5.92 Å². The molecule has 0 bridgehead atoms. The third kappa shape index (κ3) is 10.5. The second-order valence-electron chi connectivity index (χ2n) is 6.38. The molecule has 0 aliphatic rings. The SMILES string of the molecule is CSCCC(NC(=O)C(CC(C)C)NC(=O)C(CS)NC(=O)CN)C(=O)O. The van der Waals surface area contributed by atoms with Crippen LogP contribution in [0.15, 0.2) is 0 Å². The number of nitrogens with two attached hydrogens (primary N) is 1. The smallest absolute Gasteiger partial charge is 0.326 e. The molecule has 0 aromatic carbocycles. The van der Waals surface area contributed by atoms with Crippen molar-refractivity contribution in [2.75, 3.05) is 24.3 Å². The monoisotopic (exact) mass is 422 g/mol. The van der Waals surface area contributed by atoms with Gasteiger partial charge in [0.1, 0.15) is 18.1 Å². The number of carbonyl (C=O) groups is 4. The molecule has 0 heterocycles. The Balaban J connectivity index is 5.12. The second-order valence-corrected chi connectivity index (χ2v) is 7.73. The van der Waals surface area contributed by atoms with Crippen molar-refractivity contribution in [3.05, 3.63) is 0 Å². The van der Waals surface area contributed by atoms with Gasteiger partial charge in [-0.3, -0.25) is 14.4 Å². The fraction of sp³-hybridized carbons (Fsp3) is 0.750. The Morgan fingerprint density at radius 1 is 1.04 bits per heavy atom. The highest BCUT2D eigenvalue weighted by atomic mass is 32.2. The van der Waals surface area contributed by atoms with E-state index < -0.39 is 41.8 Å². The average molecular weight is 423 g/mol. The zero-order chi connectivity index (χ0) is 21.0. The fourth-order valence-corrected chi connectivity index (χ4v) is 2.92. The molecular weight excluding hydrogens is 392 g/mol. The van der Waals surface area contributed by atoms with Crippen molar-refractivity contribution in [1.82, 2.24) is 16.0 Å². The Labute approximate surface area is 169 Å². The van der Waals surface area contributed by atoms with Crippen LogP contribution in [0.2, 0.25) is 0 Å². The number of carboxylic acids is 1. The van der Waals surface area contributed by atoms with Crippen LogP contribution < -0.4 is 21.7 Å². The summed E-state index contributed by atoms with van der Waals surface area (Å²) in [6.07, 6.45) is 2.43. The van der Waals surface area contributed by atoms with E-state index in [4.69, 9.17) is 5.73 Å². The second kappa shape index (κ2) is 13.7. The molecule has 0 spiro atoms. The molecule has 0 radical (unpaired) electrons. The lowest BCUT2D eigenvalue weighted by Gasteiger charge is -2.25. The molecule has 0 aliphatic heterocycles. The molecule has 11 heteroatoms. The Bertz CT molecular complexity index is 519. The zero-order valence-corrected chi connectivity index (χ0v) is 17.6. The number of aliphatic carboxylic acids is 1. The summed E-state index contributed by atoms with van der Waals surface area (Å²) in [7, 11) is 0. The fourth-order valence-electron chi connectivity index (χ4n) is 2.19. The van der Waals surface area contributed by atoms with Crippen molar-refractivity contribution >= 4 is 48.1 Å². The van der Waals surface area contributed by atoms with Crippen LogP contribution in [0.1, 0.15) is 26.7 Å². The lowest BCUT2D eigenvalue weighted by atomic mass is 10.0. The molecule has 6 N–H and O–H groups in total. The van der Waals surface area contributed by atoms with Gasteiger partial charge in [0.25, 0.3) is 0 Å². The Hall–Kier alpha value is -1.46. The van der Waals surface area contributed by atoms with Crippen molar-refractivity contribution in [1.29, 1.82) is 0 Å². The molecule has 0 rings (SSSR count). The highest BCUT2D eigenvalue weighted by Crippen LogP contribution is 2.08. The third-order valence-electron chi connectivity index (χ3n) is 3.59. The van der Waals surface area contributed by atoms with Gasteiger partial charge >= 0.3 is 5.97 Å². The maximum Gasteiger partial charge on any atom is 0.326 e. The van der Waals surface area contributed by atoms with E-state index in [1.165, 1.54) is 11.8 Å². The van der Waals surface area contributed by atoms with Crippen LogP contribution in [0.3, 0.4) is 0 Å². The third-order valence-corrected chi connectivity index (χ3v) is 4.59. The molecule has 0 saturated heterocycles. The zero-order valence-electron chi connectivity index (χ0n) is 15.9. The summed E-state index contributed by atoms with van der Waals surface area (Å²) < 4.78 is 0. The number of hydrogen-bond acceptors (Lipinski definition) is 7. The number of hydrogen-bond donors (Lipinski definition) is 6. The summed E-state index contributed by atoms with van der Waals surface area (Å²) in [6.45, 7) is 3.48. The number of rotatable bonds is 13. The number of thiol groups is 1. The summed E-state index contributed by atoms with van der Waals surface area (Å²) in [5.41, 5.74) is 5.22. The van der Waals surface area contributed by atoms with Gasteiger partial charge in [-0.25, -0.2) is 4.79 Å². The van der Waals surface area contributed by atoms with Gasteiger partial charge in [0.15, 0.2) is 0 Å². The quantitative estimate of drug-likeness (QED) is 0.213. The normalized spacial score (nSPS) is 14.1. The van der Waals surface area contributed by atoms with Crippen LogP contribution in [-0.4, -0.2) is 71.2 Å². The molecule has 0 aromatic heterocycles. The molecule has 27 heavy (non-hydrogen) atoms. The first-order valence-electron chi connectivity index (χ1n) is 8.58. The van der Waals surface area contributed by atoms with Gasteiger partial charge in [0.2, 0.25) is 17.7 Å². The van der Waals surface area contributed by atoms with Crippen molar-refractivity contribution in [3.8, 4) is 0 Å². The maximum atomic E-state index is 12.6. The highest BCUT2D eigenvalue weighted by molar-refractivity contribution is 7.98. The van der Waals surface area contributed by atoms with Gasteiger partial charge in [-0.05, 0) is 30.8 Å². The summed E-state index contributed by atoms with van der Waals surface area (Å²) in [6, 6.07) is -2.90. The van der Waals surface area contributed by atoms with E-state index in [0.717, 1.165) is 0 Å². The van der Waals surface area contributed by atoms with E-state index in [9.17, 15) is 24.3 Å². The standard InChI is InChI=1S/C16H30N4O5S2/c1-9(2)6-11(14(22)19-10(16(24)25)4-5-27-3)20-15(23)12(8-26)18-13(21)7-17/h9-12,26H,4-8,17H2,1-3H3,(H,18,21)(H,19,22)(H,20,23)(H,24,25). The first-order chi connectivity index (χ1) is 12.7. The molecular formula is C16H30N4O5S2. The average Bonchev–Trinajstić information content (AvgIpc) is 2.61. The minimum Gasteiger partial charge on any atom is -0.480 e. The van der Waals surface area contributed by atoms with E-state index in [1.807, 2.05) is 20.1 Å². The molecule has 0 saturated carbocycles. The predicted molar refractivity (Wildman–Crippen MR) is 109 cm³/mol. The number of nitrogens with one attached hydrogen (secondary N) is 3. The van der Waals surface area contributed by atoms with Gasteiger partial charge in [0, 0.05) is 5.75 Å². The number of carbonyl (C=O) groups excluding carboxylic acids is 3. The Morgan fingerprint density at radius 2 is 1.59 bits per heavy atom. The summed E-state index contributed by atoms with van der Waals surface area (Å²) in [5.74, 6) is -2.13. The van der Waals surface area contributed by atoms with Gasteiger partial charge in [0.05, 0.1) is 6.54 Å². The van der Waals surface area contributed by atoms with Crippen LogP contribution in [0.4, 0.5) is 0 Å². The lowest BCUT2D eigenvalue weighted by molar-refractivity contribution is -0.142. The van der Waals surface area contributed by atoms with E-state index in [0.29, 0.717) is 12.2 Å². The van der Waals surface area contributed by atoms with Crippen LogP contribution in [0.25, 0.3) is 0 Å². The van der Waals surface area contributed by atoms with Crippen molar-refractivity contribution in [3.63, 3.8) is 0 Å². The van der Waals surface area contributed by atoms with E-state index >= 15 is 0 Å². The minimum absolute atomic E-state index is 0.0269. The van der Waals surface area contributed by atoms with Gasteiger partial charge in [-0.2, -0.15) is 24.4 Å². The van der Waals surface area contributed by atoms with Gasteiger partial charge < -0.3 is 26.8 Å². The van der Waals surface area contributed by atoms with Gasteiger partial charge in [-0.15, -0.1) is 0 Å². The largest absolute Gasteiger partial charge is 0.480 e. The lowest BCUT2D eigenvalue weighted by Crippen LogP contribution is -2.57. The molecule has 3 unspecified atom stereocenters. The molecule has 156 valence electrons. The van der Waals surface area contributed by atoms with E-state index in [-0.39, 0.29) is 24.6 Å². The maximum absolute atomic E-state index is 12.6.